The fourth-order valence-corrected chi connectivity index (χ4v) is 2.94. The van der Waals surface area contributed by atoms with Crippen LogP contribution in [0.2, 0.25) is 0 Å². The van der Waals surface area contributed by atoms with Crippen LogP contribution in [0.4, 0.5) is 0 Å². The van der Waals surface area contributed by atoms with Gasteiger partial charge in [-0.3, -0.25) is 5.32 Å². The number of carboxylic acid groups (broad SMARTS) is 1. The monoisotopic (exact) mass is 266 g/mol. The number of aliphatic carboxylic acids is 1. The maximum Gasteiger partial charge on any atom is 0.337 e. The zero-order valence-corrected chi connectivity index (χ0v) is 10.5. The first kappa shape index (κ1) is 12.9. The second-order valence-corrected chi connectivity index (χ2v) is 5.00. The number of carbonyl (C=O) groups is 2. The fraction of sp³-hybridized carbons (Fsp3) is 0.333. The molecule has 0 aliphatic carbocycles. The van der Waals surface area contributed by atoms with Gasteiger partial charge in [-0.05, 0) is 17.7 Å². The number of ether oxygens (including phenoxy) is 1. The molecule has 1 aliphatic heterocycles. The van der Waals surface area contributed by atoms with Crippen LogP contribution in [-0.2, 0) is 9.53 Å². The Labute approximate surface area is 109 Å². The largest absolute Gasteiger partial charge is 0.548 e. The van der Waals surface area contributed by atoms with Crippen molar-refractivity contribution < 1.29 is 19.4 Å². The quantitative estimate of drug-likeness (QED) is 0.771. The molecule has 1 saturated heterocycles. The van der Waals surface area contributed by atoms with Gasteiger partial charge in [-0.2, -0.15) is 0 Å². The SMILES string of the molecule is COC(=O)c1ccc(C2N[C@H](C(=O)[O-])CS2)cc1. The van der Waals surface area contributed by atoms with Crippen molar-refractivity contribution in [1.29, 1.82) is 0 Å². The molecule has 0 spiro atoms. The summed E-state index contributed by atoms with van der Waals surface area (Å²) in [7, 11) is 1.33. The van der Waals surface area contributed by atoms with Gasteiger partial charge in [-0.25, -0.2) is 4.79 Å². The lowest BCUT2D eigenvalue weighted by molar-refractivity contribution is -0.307. The van der Waals surface area contributed by atoms with E-state index in [4.69, 9.17) is 0 Å². The van der Waals surface area contributed by atoms with Gasteiger partial charge in [0.05, 0.1) is 30.1 Å². The fourth-order valence-electron chi connectivity index (χ4n) is 1.71. The highest BCUT2D eigenvalue weighted by Gasteiger charge is 2.26. The normalized spacial score (nSPS) is 22.7. The Bertz CT molecular complexity index is 460. The van der Waals surface area contributed by atoms with E-state index in [1.165, 1.54) is 18.9 Å². The molecule has 0 radical (unpaired) electrons. The van der Waals surface area contributed by atoms with E-state index in [0.29, 0.717) is 11.3 Å². The Balaban J connectivity index is 2.07. The second kappa shape index (κ2) is 5.41. The number of carboxylic acids is 1. The molecule has 0 aromatic heterocycles. The third-order valence-corrected chi connectivity index (χ3v) is 3.97. The zero-order valence-electron chi connectivity index (χ0n) is 9.71. The van der Waals surface area contributed by atoms with Crippen LogP contribution < -0.4 is 10.4 Å². The molecule has 1 fully saturated rings. The number of rotatable bonds is 3. The van der Waals surface area contributed by atoms with Gasteiger partial charge in [0.2, 0.25) is 0 Å². The predicted molar refractivity (Wildman–Crippen MR) is 64.9 cm³/mol. The molecule has 1 unspecified atom stereocenters. The first-order valence-corrected chi connectivity index (χ1v) is 6.43. The Morgan fingerprint density at radius 2 is 2.06 bits per heavy atom. The third-order valence-electron chi connectivity index (χ3n) is 2.70. The van der Waals surface area contributed by atoms with Crippen LogP contribution >= 0.6 is 11.8 Å². The minimum absolute atomic E-state index is 0.0837. The van der Waals surface area contributed by atoms with Crippen molar-refractivity contribution in [3.05, 3.63) is 35.4 Å². The van der Waals surface area contributed by atoms with Crippen molar-refractivity contribution in [3.8, 4) is 0 Å². The van der Waals surface area contributed by atoms with Crippen molar-refractivity contribution in [2.24, 2.45) is 0 Å². The Morgan fingerprint density at radius 3 is 2.56 bits per heavy atom. The van der Waals surface area contributed by atoms with Crippen molar-refractivity contribution in [3.63, 3.8) is 0 Å². The van der Waals surface area contributed by atoms with Crippen molar-refractivity contribution in [2.75, 3.05) is 12.9 Å². The molecule has 0 saturated carbocycles. The first-order valence-electron chi connectivity index (χ1n) is 5.38. The van der Waals surface area contributed by atoms with Crippen molar-refractivity contribution in [1.82, 2.24) is 5.32 Å². The summed E-state index contributed by atoms with van der Waals surface area (Å²) in [5.74, 6) is -0.997. The van der Waals surface area contributed by atoms with E-state index in [0.717, 1.165) is 5.56 Å². The van der Waals surface area contributed by atoms with Gasteiger partial charge in [-0.1, -0.05) is 12.1 Å². The summed E-state index contributed by atoms with van der Waals surface area (Å²) in [6.07, 6.45) is 0. The molecule has 1 N–H and O–H groups in total. The van der Waals surface area contributed by atoms with Crippen molar-refractivity contribution >= 4 is 23.7 Å². The highest BCUT2D eigenvalue weighted by molar-refractivity contribution is 7.99. The van der Waals surface area contributed by atoms with E-state index in [9.17, 15) is 14.7 Å². The Kier molecular flexibility index (Phi) is 3.88. The molecule has 1 aliphatic rings. The molecule has 0 bridgehead atoms. The van der Waals surface area contributed by atoms with E-state index in [2.05, 4.69) is 10.1 Å². The summed E-state index contributed by atoms with van der Waals surface area (Å²) in [6, 6.07) is 6.27. The van der Waals surface area contributed by atoms with E-state index in [-0.39, 0.29) is 11.3 Å². The lowest BCUT2D eigenvalue weighted by Crippen LogP contribution is -2.43. The second-order valence-electron chi connectivity index (χ2n) is 3.87. The number of nitrogens with one attached hydrogen (secondary N) is 1. The number of hydrogen-bond acceptors (Lipinski definition) is 6. The van der Waals surface area contributed by atoms with E-state index in [1.807, 2.05) is 0 Å². The maximum atomic E-state index is 11.3. The maximum absolute atomic E-state index is 11.3. The molecule has 6 heteroatoms. The number of hydrogen-bond donors (Lipinski definition) is 1. The van der Waals surface area contributed by atoms with Crippen LogP contribution in [-0.4, -0.2) is 30.8 Å². The summed E-state index contributed by atoms with van der Waals surface area (Å²) >= 11 is 1.50. The topological polar surface area (TPSA) is 78.5 Å². The molecular formula is C12H12NO4S-. The molecule has 18 heavy (non-hydrogen) atoms. The molecule has 96 valence electrons. The average Bonchev–Trinajstić information content (AvgIpc) is 2.88. The standard InChI is InChI=1S/C12H13NO4S/c1-17-12(16)8-4-2-7(3-5-8)10-13-9(6-18-10)11(14)15/h2-5,9-10,13H,6H2,1H3,(H,14,15)/p-1/t9-,10?/m0/s1. The van der Waals surface area contributed by atoms with E-state index >= 15 is 0 Å². The van der Waals surface area contributed by atoms with Crippen molar-refractivity contribution in [2.45, 2.75) is 11.4 Å². The van der Waals surface area contributed by atoms with Gasteiger partial charge in [0, 0.05) is 5.75 Å². The van der Waals surface area contributed by atoms with Gasteiger partial charge in [0.1, 0.15) is 0 Å². The lowest BCUT2D eigenvalue weighted by atomic mass is 10.1. The van der Waals surface area contributed by atoms with Crippen LogP contribution in [0.1, 0.15) is 21.3 Å². The lowest BCUT2D eigenvalue weighted by Gasteiger charge is -2.14. The highest BCUT2D eigenvalue weighted by Crippen LogP contribution is 2.32. The highest BCUT2D eigenvalue weighted by atomic mass is 32.2. The minimum atomic E-state index is -1.09. The molecule has 2 rings (SSSR count). The number of thioether (sulfide) groups is 1. The predicted octanol–water partition coefficient (Wildman–Crippen LogP) is -0.0733. The van der Waals surface area contributed by atoms with Gasteiger partial charge >= 0.3 is 5.97 Å². The molecule has 2 atom stereocenters. The molecular weight excluding hydrogens is 254 g/mol. The summed E-state index contributed by atoms with van der Waals surface area (Å²) in [5.41, 5.74) is 1.40. The smallest absolute Gasteiger partial charge is 0.337 e. The summed E-state index contributed by atoms with van der Waals surface area (Å²) < 4.78 is 4.60. The van der Waals surface area contributed by atoms with Crippen LogP contribution in [0.3, 0.4) is 0 Å². The molecule has 1 aromatic rings. The number of carbonyl (C=O) groups excluding carboxylic acids is 2. The van der Waals surface area contributed by atoms with E-state index < -0.39 is 12.0 Å². The average molecular weight is 266 g/mol. The summed E-state index contributed by atoms with van der Waals surface area (Å²) in [6.45, 7) is 0. The summed E-state index contributed by atoms with van der Waals surface area (Å²) in [5, 5.41) is 13.6. The number of benzene rings is 1. The molecule has 1 aromatic carbocycles. The van der Waals surface area contributed by atoms with Gasteiger partial charge < -0.3 is 14.6 Å². The van der Waals surface area contributed by atoms with E-state index in [1.54, 1.807) is 24.3 Å². The van der Waals surface area contributed by atoms with Gasteiger partial charge in [0.15, 0.2) is 0 Å². The number of methoxy groups -OCH3 is 1. The third kappa shape index (κ3) is 2.65. The Morgan fingerprint density at radius 1 is 1.39 bits per heavy atom. The van der Waals surface area contributed by atoms with Crippen LogP contribution in [0, 0.1) is 0 Å². The van der Waals surface area contributed by atoms with Gasteiger partial charge in [0.25, 0.3) is 0 Å². The van der Waals surface area contributed by atoms with Gasteiger partial charge in [-0.15, -0.1) is 11.8 Å². The summed E-state index contributed by atoms with van der Waals surface area (Å²) in [4.78, 5) is 22.0. The Hall–Kier alpha value is -1.53. The van der Waals surface area contributed by atoms with Crippen LogP contribution in [0.5, 0.6) is 0 Å². The van der Waals surface area contributed by atoms with Crippen LogP contribution in [0.15, 0.2) is 24.3 Å². The minimum Gasteiger partial charge on any atom is -0.548 e. The zero-order chi connectivity index (χ0) is 13.1. The molecule has 1 heterocycles. The molecule has 0 amide bonds. The first-order chi connectivity index (χ1) is 8.61. The number of esters is 1. The van der Waals surface area contributed by atoms with Crippen LogP contribution in [0.25, 0.3) is 0 Å². The molecule has 5 nitrogen and oxygen atoms in total.